The first kappa shape index (κ1) is 8.24. The molecule has 0 saturated heterocycles. The van der Waals surface area contributed by atoms with Gasteiger partial charge in [0.25, 0.3) is 0 Å². The van der Waals surface area contributed by atoms with Gasteiger partial charge in [-0.15, -0.1) is 11.3 Å². The summed E-state index contributed by atoms with van der Waals surface area (Å²) >= 11 is 1.84. The molecule has 1 aromatic rings. The molecule has 1 aliphatic rings. The zero-order valence-corrected chi connectivity index (χ0v) is 8.36. The van der Waals surface area contributed by atoms with Crippen molar-refractivity contribution in [2.75, 3.05) is 0 Å². The van der Waals surface area contributed by atoms with E-state index >= 15 is 0 Å². The predicted molar refractivity (Wildman–Crippen MR) is 52.7 cm³/mol. The highest BCUT2D eigenvalue weighted by Gasteiger charge is 2.18. The van der Waals surface area contributed by atoms with Gasteiger partial charge in [-0.05, 0) is 25.7 Å². The van der Waals surface area contributed by atoms with E-state index in [0.717, 1.165) is 5.92 Å². The molecule has 0 N–H and O–H groups in total. The molecule has 0 spiro atoms. The average Bonchev–Trinajstić information content (AvgIpc) is 2.53. The van der Waals surface area contributed by atoms with Gasteiger partial charge in [0.05, 0.1) is 11.2 Å². The molecule has 0 aromatic carbocycles. The van der Waals surface area contributed by atoms with Crippen molar-refractivity contribution in [1.82, 2.24) is 4.98 Å². The van der Waals surface area contributed by atoms with Gasteiger partial charge < -0.3 is 0 Å². The van der Waals surface area contributed by atoms with Crippen LogP contribution in [0.25, 0.3) is 0 Å². The number of hydrogen-bond acceptors (Lipinski definition) is 2. The Morgan fingerprint density at radius 1 is 1.33 bits per heavy atom. The number of aryl methyl sites for hydroxylation is 1. The van der Waals surface area contributed by atoms with Crippen LogP contribution in [0.15, 0.2) is 5.51 Å². The molecule has 0 bridgehead atoms. The molecule has 1 heterocycles. The van der Waals surface area contributed by atoms with Crippen LogP contribution in [-0.4, -0.2) is 4.98 Å². The van der Waals surface area contributed by atoms with Crippen molar-refractivity contribution in [2.24, 2.45) is 0 Å². The Morgan fingerprint density at radius 3 is 2.67 bits per heavy atom. The number of thiazole rings is 1. The Hall–Kier alpha value is -0.370. The van der Waals surface area contributed by atoms with Crippen molar-refractivity contribution in [3.8, 4) is 0 Å². The quantitative estimate of drug-likeness (QED) is 0.646. The smallest absolute Gasteiger partial charge is 0.0797 e. The van der Waals surface area contributed by atoms with Gasteiger partial charge in [0.1, 0.15) is 0 Å². The third-order valence-electron chi connectivity index (χ3n) is 2.76. The zero-order chi connectivity index (χ0) is 8.39. The molecule has 0 amide bonds. The molecule has 12 heavy (non-hydrogen) atoms. The summed E-state index contributed by atoms with van der Waals surface area (Å²) in [6.07, 6.45) is 7.06. The van der Waals surface area contributed by atoms with Crippen molar-refractivity contribution >= 4 is 11.3 Å². The van der Waals surface area contributed by atoms with Gasteiger partial charge in [-0.25, -0.2) is 4.98 Å². The summed E-state index contributed by atoms with van der Waals surface area (Å²) < 4.78 is 0. The van der Waals surface area contributed by atoms with Crippen molar-refractivity contribution < 1.29 is 0 Å². The Kier molecular flexibility index (Phi) is 2.45. The van der Waals surface area contributed by atoms with Crippen molar-refractivity contribution in [3.05, 3.63) is 16.1 Å². The van der Waals surface area contributed by atoms with Crippen molar-refractivity contribution in [3.63, 3.8) is 0 Å². The van der Waals surface area contributed by atoms with E-state index in [0.29, 0.717) is 0 Å². The standard InChI is InChI=1S/C10H15NS/c1-8-10(12-7-11-8)9-5-3-2-4-6-9/h7,9H,2-6H2,1H3. The molecule has 0 radical (unpaired) electrons. The fraction of sp³-hybridized carbons (Fsp3) is 0.700. The number of aromatic nitrogens is 1. The molecule has 0 unspecified atom stereocenters. The van der Waals surface area contributed by atoms with E-state index in [-0.39, 0.29) is 0 Å². The first-order valence-electron chi connectivity index (χ1n) is 4.78. The van der Waals surface area contributed by atoms with Crippen LogP contribution in [-0.2, 0) is 0 Å². The van der Waals surface area contributed by atoms with Crippen LogP contribution in [0.3, 0.4) is 0 Å². The molecule has 0 aliphatic heterocycles. The largest absolute Gasteiger partial charge is 0.250 e. The summed E-state index contributed by atoms with van der Waals surface area (Å²) in [5.74, 6) is 0.839. The lowest BCUT2D eigenvalue weighted by Gasteiger charge is -2.20. The van der Waals surface area contributed by atoms with Crippen LogP contribution in [0.2, 0.25) is 0 Å². The van der Waals surface area contributed by atoms with Gasteiger partial charge >= 0.3 is 0 Å². The lowest BCUT2D eigenvalue weighted by atomic mass is 9.88. The topological polar surface area (TPSA) is 12.9 Å². The second-order valence-corrected chi connectivity index (χ2v) is 4.52. The van der Waals surface area contributed by atoms with Crippen LogP contribution in [0.4, 0.5) is 0 Å². The van der Waals surface area contributed by atoms with Crippen LogP contribution in [0.5, 0.6) is 0 Å². The minimum absolute atomic E-state index is 0.839. The lowest BCUT2D eigenvalue weighted by Crippen LogP contribution is -2.03. The third kappa shape index (κ3) is 1.53. The molecular weight excluding hydrogens is 166 g/mol. The van der Waals surface area contributed by atoms with Crippen LogP contribution >= 0.6 is 11.3 Å². The van der Waals surface area contributed by atoms with Gasteiger partial charge in [0, 0.05) is 4.88 Å². The average molecular weight is 181 g/mol. The lowest BCUT2D eigenvalue weighted by molar-refractivity contribution is 0.446. The number of hydrogen-bond donors (Lipinski definition) is 0. The van der Waals surface area contributed by atoms with Crippen molar-refractivity contribution in [1.29, 1.82) is 0 Å². The summed E-state index contributed by atoms with van der Waals surface area (Å²) in [6, 6.07) is 0. The first-order valence-corrected chi connectivity index (χ1v) is 5.66. The molecular formula is C10H15NS. The number of rotatable bonds is 1. The monoisotopic (exact) mass is 181 g/mol. The molecule has 66 valence electrons. The maximum atomic E-state index is 4.31. The fourth-order valence-corrected chi connectivity index (χ4v) is 3.04. The fourth-order valence-electron chi connectivity index (χ4n) is 2.07. The Balaban J connectivity index is 2.13. The summed E-state index contributed by atoms with van der Waals surface area (Å²) in [6.45, 7) is 2.14. The van der Waals surface area contributed by atoms with Crippen molar-refractivity contribution in [2.45, 2.75) is 44.9 Å². The Bertz CT molecular complexity index is 248. The molecule has 1 nitrogen and oxygen atoms in total. The maximum absolute atomic E-state index is 4.31. The molecule has 2 heteroatoms. The van der Waals surface area contributed by atoms with E-state index in [4.69, 9.17) is 0 Å². The van der Waals surface area contributed by atoms with Crippen LogP contribution in [0, 0.1) is 6.92 Å². The minimum atomic E-state index is 0.839. The maximum Gasteiger partial charge on any atom is 0.0797 e. The molecule has 1 aromatic heterocycles. The molecule has 1 aliphatic carbocycles. The summed E-state index contributed by atoms with van der Waals surface area (Å²) in [5, 5.41) is 0. The summed E-state index contributed by atoms with van der Waals surface area (Å²) in [7, 11) is 0. The normalized spacial score (nSPS) is 19.8. The summed E-state index contributed by atoms with van der Waals surface area (Å²) in [4.78, 5) is 5.86. The highest BCUT2D eigenvalue weighted by Crippen LogP contribution is 2.35. The van der Waals surface area contributed by atoms with E-state index in [9.17, 15) is 0 Å². The predicted octanol–water partition coefficient (Wildman–Crippen LogP) is 3.50. The summed E-state index contributed by atoms with van der Waals surface area (Å²) in [5.41, 5.74) is 3.26. The van der Waals surface area contributed by atoms with Gasteiger partial charge in [0.15, 0.2) is 0 Å². The minimum Gasteiger partial charge on any atom is -0.250 e. The molecule has 1 fully saturated rings. The SMILES string of the molecule is Cc1ncsc1C1CCCCC1. The zero-order valence-electron chi connectivity index (χ0n) is 7.55. The Morgan fingerprint density at radius 2 is 2.08 bits per heavy atom. The molecule has 1 saturated carbocycles. The van der Waals surface area contributed by atoms with Gasteiger partial charge in [-0.3, -0.25) is 0 Å². The van der Waals surface area contributed by atoms with Gasteiger partial charge in [-0.1, -0.05) is 19.3 Å². The van der Waals surface area contributed by atoms with Crippen LogP contribution in [0.1, 0.15) is 48.6 Å². The highest BCUT2D eigenvalue weighted by molar-refractivity contribution is 7.09. The van der Waals surface area contributed by atoms with Gasteiger partial charge in [-0.2, -0.15) is 0 Å². The Labute approximate surface area is 77.8 Å². The van der Waals surface area contributed by atoms with Crippen LogP contribution < -0.4 is 0 Å². The molecule has 2 rings (SSSR count). The first-order chi connectivity index (χ1) is 5.88. The second kappa shape index (κ2) is 3.56. The number of nitrogens with zero attached hydrogens (tertiary/aromatic N) is 1. The van der Waals surface area contributed by atoms with E-state index in [1.807, 2.05) is 16.8 Å². The van der Waals surface area contributed by atoms with E-state index < -0.39 is 0 Å². The highest BCUT2D eigenvalue weighted by atomic mass is 32.1. The third-order valence-corrected chi connectivity index (χ3v) is 3.85. The van der Waals surface area contributed by atoms with E-state index in [1.54, 1.807) is 4.88 Å². The van der Waals surface area contributed by atoms with E-state index in [1.165, 1.54) is 37.8 Å². The van der Waals surface area contributed by atoms with E-state index in [2.05, 4.69) is 11.9 Å². The van der Waals surface area contributed by atoms with Gasteiger partial charge in [0.2, 0.25) is 0 Å². The molecule has 0 atom stereocenters. The second-order valence-electron chi connectivity index (χ2n) is 3.64.